The zero-order valence-electron chi connectivity index (χ0n) is 13.1. The summed E-state index contributed by atoms with van der Waals surface area (Å²) in [5.41, 5.74) is 0.717. The van der Waals surface area contributed by atoms with E-state index >= 15 is 0 Å². The number of anilines is 1. The molecule has 2 N–H and O–H groups in total. The third kappa shape index (κ3) is 4.36. The second kappa shape index (κ2) is 7.66. The van der Waals surface area contributed by atoms with Crippen molar-refractivity contribution in [1.29, 1.82) is 5.26 Å². The van der Waals surface area contributed by atoms with Crippen molar-refractivity contribution in [1.82, 2.24) is 0 Å². The number of amides is 1. The second-order valence-electron chi connectivity index (χ2n) is 4.92. The Balaban J connectivity index is 2.20. The molecule has 0 atom stereocenters. The summed E-state index contributed by atoms with van der Waals surface area (Å²) in [5.74, 6) is -1.93. The van der Waals surface area contributed by atoms with Gasteiger partial charge in [0.15, 0.2) is 0 Å². The summed E-state index contributed by atoms with van der Waals surface area (Å²) in [4.78, 5) is 23.0. The molecule has 0 fully saturated rings. The van der Waals surface area contributed by atoms with Gasteiger partial charge in [0.2, 0.25) is 0 Å². The van der Waals surface area contributed by atoms with E-state index in [0.29, 0.717) is 11.3 Å². The van der Waals surface area contributed by atoms with E-state index < -0.39 is 11.9 Å². The lowest BCUT2D eigenvalue weighted by Gasteiger charge is -2.12. The number of carbonyl (C=O) groups excluding carboxylic acids is 1. The van der Waals surface area contributed by atoms with Gasteiger partial charge in [-0.15, -0.1) is 0 Å². The number of rotatable bonds is 5. The van der Waals surface area contributed by atoms with Gasteiger partial charge in [0.25, 0.3) is 5.91 Å². The molecule has 7 nitrogen and oxygen atoms in total. The topological polar surface area (TPSA) is 122 Å². The molecule has 0 saturated carbocycles. The lowest BCUT2D eigenvalue weighted by atomic mass is 10.1. The SMILES string of the molecule is COc1cc(/C=C(\C#N)C(=O)Nc2ccc(C(=O)O)cc2)ccc1[O-]. The first-order chi connectivity index (χ1) is 11.9. The van der Waals surface area contributed by atoms with Crippen molar-refractivity contribution in [3.05, 3.63) is 59.2 Å². The molecule has 0 unspecified atom stereocenters. The van der Waals surface area contributed by atoms with Crippen LogP contribution in [-0.4, -0.2) is 24.1 Å². The van der Waals surface area contributed by atoms with Crippen LogP contribution in [0.25, 0.3) is 6.08 Å². The van der Waals surface area contributed by atoms with Gasteiger partial charge in [-0.25, -0.2) is 4.79 Å². The van der Waals surface area contributed by atoms with Crippen LogP contribution in [0, 0.1) is 11.3 Å². The number of benzene rings is 2. The number of hydrogen-bond donors (Lipinski definition) is 2. The van der Waals surface area contributed by atoms with Crippen LogP contribution >= 0.6 is 0 Å². The Labute approximate surface area is 143 Å². The van der Waals surface area contributed by atoms with Crippen LogP contribution in [0.2, 0.25) is 0 Å². The standard InChI is InChI=1S/C18H14N2O5/c1-25-16-9-11(2-7-15(16)21)8-13(10-19)17(22)20-14-5-3-12(4-6-14)18(23)24/h2-9,21H,1H3,(H,20,22)(H,23,24)/p-1/b13-8+. The van der Waals surface area contributed by atoms with E-state index in [1.165, 1.54) is 55.7 Å². The third-order valence-corrected chi connectivity index (χ3v) is 3.25. The highest BCUT2D eigenvalue weighted by molar-refractivity contribution is 6.09. The van der Waals surface area contributed by atoms with Gasteiger partial charge < -0.3 is 20.3 Å². The first-order valence-corrected chi connectivity index (χ1v) is 7.06. The normalized spacial score (nSPS) is 10.6. The number of nitrogens with zero attached hydrogens (tertiary/aromatic N) is 1. The van der Waals surface area contributed by atoms with Crippen LogP contribution in [0.1, 0.15) is 15.9 Å². The summed E-state index contributed by atoms with van der Waals surface area (Å²) < 4.78 is 4.91. The Kier molecular flexibility index (Phi) is 5.38. The molecule has 126 valence electrons. The molecule has 2 aromatic carbocycles. The van der Waals surface area contributed by atoms with E-state index in [1.54, 1.807) is 6.07 Å². The molecule has 0 aliphatic heterocycles. The number of nitriles is 1. The Bertz CT molecular complexity index is 879. The van der Waals surface area contributed by atoms with Crippen LogP contribution in [0.3, 0.4) is 0 Å². The maximum Gasteiger partial charge on any atom is 0.335 e. The van der Waals surface area contributed by atoms with E-state index in [-0.39, 0.29) is 22.6 Å². The van der Waals surface area contributed by atoms with Crippen molar-refractivity contribution < 1.29 is 24.5 Å². The van der Waals surface area contributed by atoms with Gasteiger partial charge in [0, 0.05) is 5.69 Å². The van der Waals surface area contributed by atoms with Crippen LogP contribution in [0.15, 0.2) is 48.0 Å². The predicted octanol–water partition coefficient (Wildman–Crippen LogP) is 2.01. The third-order valence-electron chi connectivity index (χ3n) is 3.25. The van der Waals surface area contributed by atoms with Gasteiger partial charge in [0.05, 0.1) is 12.7 Å². The monoisotopic (exact) mass is 337 g/mol. The van der Waals surface area contributed by atoms with Crippen LogP contribution in [0.5, 0.6) is 11.5 Å². The second-order valence-corrected chi connectivity index (χ2v) is 4.92. The highest BCUT2D eigenvalue weighted by Crippen LogP contribution is 2.25. The van der Waals surface area contributed by atoms with Gasteiger partial charge in [0.1, 0.15) is 17.4 Å². The number of aromatic carboxylic acids is 1. The molecule has 1 amide bonds. The molecular formula is C18H13N2O5-. The fourth-order valence-electron chi connectivity index (χ4n) is 1.98. The Hall–Kier alpha value is -3.79. The van der Waals surface area contributed by atoms with Crippen molar-refractivity contribution in [3.63, 3.8) is 0 Å². The molecule has 0 heterocycles. The Morgan fingerprint density at radius 1 is 1.24 bits per heavy atom. The fourth-order valence-corrected chi connectivity index (χ4v) is 1.98. The summed E-state index contributed by atoms with van der Waals surface area (Å²) in [5, 5.41) is 32.0. The van der Waals surface area contributed by atoms with Crippen LogP contribution in [-0.2, 0) is 4.79 Å². The Morgan fingerprint density at radius 3 is 2.48 bits per heavy atom. The lowest BCUT2D eigenvalue weighted by Crippen LogP contribution is -2.13. The molecule has 0 aliphatic carbocycles. The number of hydrogen-bond acceptors (Lipinski definition) is 5. The number of ether oxygens (including phenoxy) is 1. The predicted molar refractivity (Wildman–Crippen MR) is 88.1 cm³/mol. The zero-order chi connectivity index (χ0) is 18.4. The summed E-state index contributed by atoms with van der Waals surface area (Å²) in [7, 11) is 1.35. The Morgan fingerprint density at radius 2 is 1.92 bits per heavy atom. The van der Waals surface area contributed by atoms with Gasteiger partial charge in [-0.3, -0.25) is 4.79 Å². The summed E-state index contributed by atoms with van der Waals surface area (Å²) in [6, 6.07) is 11.5. The number of carboxylic acid groups (broad SMARTS) is 1. The van der Waals surface area contributed by atoms with Crippen molar-refractivity contribution in [2.24, 2.45) is 0 Å². The summed E-state index contributed by atoms with van der Waals surface area (Å²) in [6.07, 6.45) is 1.32. The summed E-state index contributed by atoms with van der Waals surface area (Å²) >= 11 is 0. The zero-order valence-corrected chi connectivity index (χ0v) is 13.1. The molecule has 2 aromatic rings. The number of carboxylic acids is 1. The quantitative estimate of drug-likeness (QED) is 0.635. The molecule has 0 spiro atoms. The maximum atomic E-state index is 12.2. The van der Waals surface area contributed by atoms with Crippen LogP contribution in [0.4, 0.5) is 5.69 Å². The van der Waals surface area contributed by atoms with E-state index in [2.05, 4.69) is 5.32 Å². The summed E-state index contributed by atoms with van der Waals surface area (Å²) in [6.45, 7) is 0. The van der Waals surface area contributed by atoms with E-state index in [4.69, 9.17) is 9.84 Å². The minimum atomic E-state index is -1.08. The van der Waals surface area contributed by atoms with Gasteiger partial charge in [-0.05, 0) is 42.0 Å². The molecule has 7 heteroatoms. The van der Waals surface area contributed by atoms with E-state index in [9.17, 15) is 20.0 Å². The van der Waals surface area contributed by atoms with Crippen molar-refractivity contribution in [2.45, 2.75) is 0 Å². The largest absolute Gasteiger partial charge is 0.870 e. The minimum Gasteiger partial charge on any atom is -0.870 e. The first kappa shape index (κ1) is 17.6. The molecule has 25 heavy (non-hydrogen) atoms. The molecule has 0 saturated heterocycles. The highest BCUT2D eigenvalue weighted by atomic mass is 16.5. The number of methoxy groups -OCH3 is 1. The molecule has 2 rings (SSSR count). The number of nitrogens with one attached hydrogen (secondary N) is 1. The van der Waals surface area contributed by atoms with Crippen LogP contribution < -0.4 is 15.2 Å². The number of carbonyl (C=O) groups is 2. The van der Waals surface area contributed by atoms with Crippen molar-refractivity contribution in [3.8, 4) is 17.6 Å². The average molecular weight is 337 g/mol. The van der Waals surface area contributed by atoms with Crippen molar-refractivity contribution >= 4 is 23.6 Å². The van der Waals surface area contributed by atoms with E-state index in [1.807, 2.05) is 0 Å². The maximum absolute atomic E-state index is 12.2. The van der Waals surface area contributed by atoms with Gasteiger partial charge in [-0.2, -0.15) is 5.26 Å². The lowest BCUT2D eigenvalue weighted by molar-refractivity contribution is -0.270. The van der Waals surface area contributed by atoms with Gasteiger partial charge >= 0.3 is 5.97 Å². The first-order valence-electron chi connectivity index (χ1n) is 7.06. The van der Waals surface area contributed by atoms with Crippen molar-refractivity contribution in [2.75, 3.05) is 12.4 Å². The van der Waals surface area contributed by atoms with E-state index in [0.717, 1.165) is 0 Å². The minimum absolute atomic E-state index is 0.0823. The smallest absolute Gasteiger partial charge is 0.335 e. The van der Waals surface area contributed by atoms with Gasteiger partial charge in [-0.1, -0.05) is 17.9 Å². The molecule has 0 aliphatic rings. The molecule has 0 bridgehead atoms. The molecule has 0 radical (unpaired) electrons. The highest BCUT2D eigenvalue weighted by Gasteiger charge is 2.10. The molecule has 0 aromatic heterocycles. The fraction of sp³-hybridized carbons (Fsp3) is 0.0556. The molecular weight excluding hydrogens is 324 g/mol. The average Bonchev–Trinajstić information content (AvgIpc) is 2.61.